The molecule has 0 saturated carbocycles. The summed E-state index contributed by atoms with van der Waals surface area (Å²) in [7, 11) is -3.27. The number of sulfone groups is 1. The zero-order valence-corrected chi connectivity index (χ0v) is 15.5. The number of nitrogens with two attached hydrogens (primary N) is 1. The maximum absolute atomic E-state index is 11.5. The number of hydrogen-bond acceptors (Lipinski definition) is 5. The summed E-state index contributed by atoms with van der Waals surface area (Å²) in [6.07, 6.45) is 1.15. The fourth-order valence-electron chi connectivity index (χ4n) is 2.25. The van der Waals surface area contributed by atoms with Crippen LogP contribution in [0, 0.1) is 0 Å². The molecule has 0 bridgehead atoms. The van der Waals surface area contributed by atoms with Crippen molar-refractivity contribution in [3.8, 4) is 0 Å². The van der Waals surface area contributed by atoms with Crippen LogP contribution in [-0.4, -0.2) is 19.7 Å². The van der Waals surface area contributed by atoms with Crippen LogP contribution in [0.4, 0.5) is 5.69 Å². The summed E-state index contributed by atoms with van der Waals surface area (Å²) in [4.78, 5) is 4.75. The van der Waals surface area contributed by atoms with E-state index in [4.69, 9.17) is 34.0 Å². The van der Waals surface area contributed by atoms with Gasteiger partial charge in [-0.1, -0.05) is 23.8 Å². The number of halogens is 1. The van der Waals surface area contributed by atoms with Gasteiger partial charge in [0.05, 0.1) is 16.1 Å². The summed E-state index contributed by atoms with van der Waals surface area (Å²) in [5, 5.41) is 1.32. The molecule has 5 nitrogen and oxygen atoms in total. The average Bonchev–Trinajstić information content (AvgIpc) is 2.54. The quantitative estimate of drug-likeness (QED) is 0.691. The van der Waals surface area contributed by atoms with E-state index in [0.717, 1.165) is 11.6 Å². The lowest BCUT2D eigenvalue weighted by Crippen LogP contribution is -2.20. The van der Waals surface area contributed by atoms with Gasteiger partial charge in [-0.15, -0.1) is 0 Å². The van der Waals surface area contributed by atoms with Gasteiger partial charge in [-0.05, 0) is 48.5 Å². The Bertz CT molecular complexity index is 1150. The lowest BCUT2D eigenvalue weighted by Gasteiger charge is -2.04. The SMILES string of the molecule is CS(=O)(=O)c1ccc(/N=c2\oc3ccc(Cl)cc3cc2C(N)=S)cc1. The fourth-order valence-corrected chi connectivity index (χ4v) is 3.20. The van der Waals surface area contributed by atoms with E-state index in [0.29, 0.717) is 21.9 Å². The van der Waals surface area contributed by atoms with Crippen molar-refractivity contribution in [2.75, 3.05) is 6.26 Å². The molecule has 0 radical (unpaired) electrons. The molecule has 0 spiro atoms. The van der Waals surface area contributed by atoms with E-state index in [1.165, 1.54) is 12.1 Å². The maximum atomic E-state index is 11.5. The molecule has 0 aliphatic heterocycles. The summed E-state index contributed by atoms with van der Waals surface area (Å²) < 4.78 is 28.9. The minimum absolute atomic E-state index is 0.136. The second-order valence-corrected chi connectivity index (χ2v) is 8.28. The zero-order chi connectivity index (χ0) is 18.2. The van der Waals surface area contributed by atoms with Crippen LogP contribution >= 0.6 is 23.8 Å². The lowest BCUT2D eigenvalue weighted by atomic mass is 10.2. The van der Waals surface area contributed by atoms with Gasteiger partial charge in [0.25, 0.3) is 0 Å². The molecule has 3 aromatic rings. The highest BCUT2D eigenvalue weighted by atomic mass is 35.5. The average molecular weight is 393 g/mol. The number of hydrogen-bond donors (Lipinski definition) is 1. The number of nitrogens with zero attached hydrogens (tertiary/aromatic N) is 1. The Morgan fingerprint density at radius 2 is 1.84 bits per heavy atom. The first-order valence-corrected chi connectivity index (χ1v) is 9.80. The van der Waals surface area contributed by atoms with Crippen molar-refractivity contribution in [2.45, 2.75) is 4.90 Å². The van der Waals surface area contributed by atoms with Crippen LogP contribution in [0.1, 0.15) is 5.56 Å². The minimum Gasteiger partial charge on any atom is -0.438 e. The van der Waals surface area contributed by atoms with Crippen LogP contribution in [0.25, 0.3) is 11.0 Å². The van der Waals surface area contributed by atoms with Gasteiger partial charge in [0.2, 0.25) is 5.55 Å². The van der Waals surface area contributed by atoms with E-state index in [1.54, 1.807) is 36.4 Å². The predicted octanol–water partition coefficient (Wildman–Crippen LogP) is 3.36. The van der Waals surface area contributed by atoms with Gasteiger partial charge in [0.15, 0.2) is 9.84 Å². The van der Waals surface area contributed by atoms with Crippen molar-refractivity contribution in [3.63, 3.8) is 0 Å². The highest BCUT2D eigenvalue weighted by Gasteiger charge is 2.09. The van der Waals surface area contributed by atoms with Crippen LogP contribution < -0.4 is 11.3 Å². The number of benzene rings is 2. The van der Waals surface area contributed by atoms with Crippen molar-refractivity contribution >= 4 is 55.3 Å². The van der Waals surface area contributed by atoms with Crippen molar-refractivity contribution < 1.29 is 12.8 Å². The van der Waals surface area contributed by atoms with Crippen molar-refractivity contribution in [1.82, 2.24) is 0 Å². The highest BCUT2D eigenvalue weighted by molar-refractivity contribution is 7.90. The molecule has 0 unspecified atom stereocenters. The van der Waals surface area contributed by atoms with Crippen LogP contribution in [0.15, 0.2) is 62.8 Å². The van der Waals surface area contributed by atoms with Crippen molar-refractivity contribution in [1.29, 1.82) is 0 Å². The standard InChI is InChI=1S/C17H13ClN2O3S2/c1-25(21,22)13-5-3-12(4-6-13)20-17-14(16(19)24)9-10-8-11(18)2-7-15(10)23-17/h2-9H,1H3,(H2,19,24)/b20-17-. The van der Waals surface area contributed by atoms with E-state index in [9.17, 15) is 8.42 Å². The van der Waals surface area contributed by atoms with E-state index >= 15 is 0 Å². The first-order valence-electron chi connectivity index (χ1n) is 7.12. The lowest BCUT2D eigenvalue weighted by molar-refractivity contribution is 0.543. The predicted molar refractivity (Wildman–Crippen MR) is 102 cm³/mol. The summed E-state index contributed by atoms with van der Waals surface area (Å²) in [5.41, 5.74) is 7.59. The minimum atomic E-state index is -3.27. The summed E-state index contributed by atoms with van der Waals surface area (Å²) in [5.74, 6) is 0. The maximum Gasteiger partial charge on any atom is 0.230 e. The molecule has 0 aliphatic carbocycles. The Hall–Kier alpha value is -2.22. The van der Waals surface area contributed by atoms with Crippen LogP contribution in [-0.2, 0) is 9.84 Å². The first-order chi connectivity index (χ1) is 11.7. The van der Waals surface area contributed by atoms with Crippen LogP contribution in [0.3, 0.4) is 0 Å². The molecule has 2 N–H and O–H groups in total. The third kappa shape index (κ3) is 3.89. The number of rotatable bonds is 3. The highest BCUT2D eigenvalue weighted by Crippen LogP contribution is 2.20. The van der Waals surface area contributed by atoms with Crippen LogP contribution in [0.2, 0.25) is 5.02 Å². The Morgan fingerprint density at radius 3 is 2.44 bits per heavy atom. The fraction of sp³-hybridized carbons (Fsp3) is 0.0588. The summed E-state index contributed by atoms with van der Waals surface area (Å²) in [6, 6.07) is 13.1. The molecule has 128 valence electrons. The van der Waals surface area contributed by atoms with Crippen molar-refractivity contribution in [3.05, 3.63) is 64.7 Å². The number of fused-ring (bicyclic) bond motifs is 1. The number of thiocarbonyl (C=S) groups is 1. The molecular formula is C17H13ClN2O3S2. The second kappa shape index (κ2) is 6.59. The molecule has 0 atom stereocenters. The smallest absolute Gasteiger partial charge is 0.230 e. The van der Waals surface area contributed by atoms with Gasteiger partial charge in [0.1, 0.15) is 10.6 Å². The molecule has 2 aromatic carbocycles. The monoisotopic (exact) mass is 392 g/mol. The molecule has 8 heteroatoms. The Balaban J connectivity index is 2.19. The molecule has 0 fully saturated rings. The van der Waals surface area contributed by atoms with E-state index in [1.807, 2.05) is 0 Å². The zero-order valence-electron chi connectivity index (χ0n) is 13.1. The van der Waals surface area contributed by atoms with Crippen LogP contribution in [0.5, 0.6) is 0 Å². The molecule has 1 aromatic heterocycles. The summed E-state index contributed by atoms with van der Waals surface area (Å²) in [6.45, 7) is 0. The third-order valence-corrected chi connectivity index (χ3v) is 5.05. The van der Waals surface area contributed by atoms with Gasteiger partial charge in [-0.25, -0.2) is 13.4 Å². The Labute approximate surface area is 154 Å². The normalized spacial score (nSPS) is 12.5. The van der Waals surface area contributed by atoms with Gasteiger partial charge >= 0.3 is 0 Å². The van der Waals surface area contributed by atoms with Gasteiger partial charge in [0, 0.05) is 16.7 Å². The van der Waals surface area contributed by atoms with Gasteiger partial charge in [-0.3, -0.25) is 0 Å². The Morgan fingerprint density at radius 1 is 1.16 bits per heavy atom. The third-order valence-electron chi connectivity index (χ3n) is 3.47. The molecule has 0 aliphatic rings. The largest absolute Gasteiger partial charge is 0.438 e. The molecule has 3 rings (SSSR count). The van der Waals surface area contributed by atoms with Crippen molar-refractivity contribution in [2.24, 2.45) is 10.7 Å². The summed E-state index contributed by atoms with van der Waals surface area (Å²) >= 11 is 11.1. The van der Waals surface area contributed by atoms with E-state index in [-0.39, 0.29) is 15.4 Å². The topological polar surface area (TPSA) is 85.7 Å². The van der Waals surface area contributed by atoms with E-state index < -0.39 is 9.84 Å². The van der Waals surface area contributed by atoms with E-state index in [2.05, 4.69) is 4.99 Å². The Kier molecular flexibility index (Phi) is 4.64. The molecule has 25 heavy (non-hydrogen) atoms. The first kappa shape index (κ1) is 17.6. The molecule has 1 heterocycles. The van der Waals surface area contributed by atoms with Gasteiger partial charge in [-0.2, -0.15) is 0 Å². The molecular weight excluding hydrogens is 380 g/mol. The molecule has 0 saturated heterocycles. The molecule has 0 amide bonds. The van der Waals surface area contributed by atoms with Gasteiger partial charge < -0.3 is 10.2 Å². The second-order valence-electron chi connectivity index (χ2n) is 5.39.